The second kappa shape index (κ2) is 7.57. The van der Waals surface area contributed by atoms with Crippen LogP contribution in [0.4, 0.5) is 0 Å². The van der Waals surface area contributed by atoms with E-state index in [4.69, 9.17) is 4.74 Å². The highest BCUT2D eigenvalue weighted by molar-refractivity contribution is 5.87. The van der Waals surface area contributed by atoms with E-state index in [9.17, 15) is 4.79 Å². The number of methoxy groups -OCH3 is 1. The summed E-state index contributed by atoms with van der Waals surface area (Å²) in [6, 6.07) is 15.0. The molecule has 1 fully saturated rings. The summed E-state index contributed by atoms with van der Waals surface area (Å²) in [5, 5.41) is 5.65. The fraction of sp³-hybridized carbons (Fsp3) is 0.421. The van der Waals surface area contributed by atoms with E-state index in [0.29, 0.717) is 19.7 Å². The number of hydrogen-bond acceptors (Lipinski definition) is 3. The molecule has 2 aromatic carbocycles. The summed E-state index contributed by atoms with van der Waals surface area (Å²) >= 11 is 0. The van der Waals surface area contributed by atoms with Crippen LogP contribution in [0.3, 0.4) is 0 Å². The molecule has 1 unspecified atom stereocenters. The molecule has 4 heteroatoms. The van der Waals surface area contributed by atoms with Crippen LogP contribution < -0.4 is 5.32 Å². The van der Waals surface area contributed by atoms with Crippen molar-refractivity contribution in [3.05, 3.63) is 48.0 Å². The van der Waals surface area contributed by atoms with Crippen LogP contribution >= 0.6 is 0 Å². The third-order valence-electron chi connectivity index (χ3n) is 4.51. The maximum atomic E-state index is 12.6. The van der Waals surface area contributed by atoms with Crippen LogP contribution in [0.5, 0.6) is 0 Å². The van der Waals surface area contributed by atoms with Crippen molar-refractivity contribution < 1.29 is 9.53 Å². The third kappa shape index (κ3) is 3.54. The second-order valence-electron chi connectivity index (χ2n) is 5.98. The Morgan fingerprint density at radius 3 is 2.96 bits per heavy atom. The summed E-state index contributed by atoms with van der Waals surface area (Å²) < 4.78 is 5.00. The first-order valence-electron chi connectivity index (χ1n) is 8.28. The minimum Gasteiger partial charge on any atom is -0.383 e. The monoisotopic (exact) mass is 312 g/mol. The molecule has 0 aliphatic carbocycles. The van der Waals surface area contributed by atoms with Gasteiger partial charge in [-0.2, -0.15) is 0 Å². The van der Waals surface area contributed by atoms with E-state index in [1.54, 1.807) is 7.11 Å². The predicted octanol–water partition coefficient (Wildman–Crippen LogP) is 2.74. The van der Waals surface area contributed by atoms with Gasteiger partial charge in [0.2, 0.25) is 5.91 Å². The Kier molecular flexibility index (Phi) is 5.26. The van der Waals surface area contributed by atoms with Crippen molar-refractivity contribution in [1.29, 1.82) is 0 Å². The van der Waals surface area contributed by atoms with Crippen molar-refractivity contribution in [2.24, 2.45) is 0 Å². The molecule has 4 nitrogen and oxygen atoms in total. The first kappa shape index (κ1) is 16.0. The van der Waals surface area contributed by atoms with E-state index < -0.39 is 0 Å². The van der Waals surface area contributed by atoms with E-state index in [1.807, 2.05) is 4.90 Å². The number of nitrogens with zero attached hydrogens (tertiary/aromatic N) is 1. The lowest BCUT2D eigenvalue weighted by Crippen LogP contribution is -2.38. The number of nitrogens with one attached hydrogen (secondary N) is 1. The van der Waals surface area contributed by atoms with Gasteiger partial charge < -0.3 is 15.0 Å². The highest BCUT2D eigenvalue weighted by Crippen LogP contribution is 2.35. The summed E-state index contributed by atoms with van der Waals surface area (Å²) in [5.41, 5.74) is 1.27. The number of likely N-dealkylation sites (tertiary alicyclic amines) is 1. The van der Waals surface area contributed by atoms with Crippen LogP contribution in [0.2, 0.25) is 0 Å². The zero-order valence-corrected chi connectivity index (χ0v) is 13.6. The van der Waals surface area contributed by atoms with Gasteiger partial charge in [0, 0.05) is 20.2 Å². The number of fused-ring (bicyclic) bond motifs is 1. The zero-order valence-electron chi connectivity index (χ0n) is 13.6. The van der Waals surface area contributed by atoms with Gasteiger partial charge in [0.05, 0.1) is 19.2 Å². The molecular weight excluding hydrogens is 288 g/mol. The first-order chi connectivity index (χ1) is 11.3. The number of carbonyl (C=O) groups excluding carboxylic acids is 1. The summed E-state index contributed by atoms with van der Waals surface area (Å²) in [7, 11) is 1.67. The van der Waals surface area contributed by atoms with Crippen molar-refractivity contribution >= 4 is 16.7 Å². The minimum atomic E-state index is 0.177. The van der Waals surface area contributed by atoms with Gasteiger partial charge in [0.1, 0.15) is 0 Å². The van der Waals surface area contributed by atoms with Crippen molar-refractivity contribution in [3.63, 3.8) is 0 Å². The largest absolute Gasteiger partial charge is 0.383 e. The van der Waals surface area contributed by atoms with Gasteiger partial charge in [-0.15, -0.1) is 0 Å². The smallest absolute Gasteiger partial charge is 0.237 e. The Morgan fingerprint density at radius 1 is 1.26 bits per heavy atom. The van der Waals surface area contributed by atoms with E-state index in [-0.39, 0.29) is 11.9 Å². The molecule has 1 amide bonds. The van der Waals surface area contributed by atoms with Crippen LogP contribution in [0.15, 0.2) is 42.5 Å². The molecule has 0 bridgehead atoms. The van der Waals surface area contributed by atoms with Crippen LogP contribution in [-0.2, 0) is 9.53 Å². The molecule has 0 radical (unpaired) electrons. The fourth-order valence-corrected chi connectivity index (χ4v) is 3.40. The van der Waals surface area contributed by atoms with Crippen LogP contribution in [0.1, 0.15) is 24.4 Å². The Bertz CT molecular complexity index is 666. The van der Waals surface area contributed by atoms with Gasteiger partial charge in [-0.25, -0.2) is 0 Å². The molecule has 122 valence electrons. The standard InChI is InChI=1S/C19H24N2O2/c1-23-13-11-20-14-19(22)21-12-5-10-18(21)17-9-4-7-15-6-2-3-8-16(15)17/h2-4,6-9,18,20H,5,10-14H2,1H3. The van der Waals surface area contributed by atoms with Crippen LogP contribution in [0.25, 0.3) is 10.8 Å². The fourth-order valence-electron chi connectivity index (χ4n) is 3.40. The molecule has 0 aromatic heterocycles. The van der Waals surface area contributed by atoms with Gasteiger partial charge in [-0.1, -0.05) is 42.5 Å². The summed E-state index contributed by atoms with van der Waals surface area (Å²) in [6.45, 7) is 2.55. The zero-order chi connectivity index (χ0) is 16.1. The SMILES string of the molecule is COCCNCC(=O)N1CCCC1c1cccc2ccccc12. The molecule has 1 aliphatic rings. The maximum absolute atomic E-state index is 12.6. The van der Waals surface area contributed by atoms with Crippen molar-refractivity contribution in [2.45, 2.75) is 18.9 Å². The van der Waals surface area contributed by atoms with Crippen molar-refractivity contribution in [1.82, 2.24) is 10.2 Å². The Labute approximate surface area is 137 Å². The number of ether oxygens (including phenoxy) is 1. The predicted molar refractivity (Wildman–Crippen MR) is 92.4 cm³/mol. The number of benzene rings is 2. The van der Waals surface area contributed by atoms with Crippen LogP contribution in [0, 0.1) is 0 Å². The lowest BCUT2D eigenvalue weighted by Gasteiger charge is -2.26. The van der Waals surface area contributed by atoms with Gasteiger partial charge in [0.25, 0.3) is 0 Å². The topological polar surface area (TPSA) is 41.6 Å². The molecule has 3 rings (SSSR count). The Morgan fingerprint density at radius 2 is 2.09 bits per heavy atom. The van der Waals surface area contributed by atoms with Crippen LogP contribution in [-0.4, -0.2) is 44.2 Å². The summed E-state index contributed by atoms with van der Waals surface area (Å²) in [5.74, 6) is 0.177. The second-order valence-corrected chi connectivity index (χ2v) is 5.98. The lowest BCUT2D eigenvalue weighted by molar-refractivity contribution is -0.131. The lowest BCUT2D eigenvalue weighted by atomic mass is 9.97. The molecule has 1 aliphatic heterocycles. The van der Waals surface area contributed by atoms with E-state index in [2.05, 4.69) is 47.8 Å². The minimum absolute atomic E-state index is 0.177. The normalized spacial score (nSPS) is 17.8. The van der Waals surface area contributed by atoms with Gasteiger partial charge in [0.15, 0.2) is 0 Å². The Balaban J connectivity index is 1.77. The van der Waals surface area contributed by atoms with Gasteiger partial charge in [-0.3, -0.25) is 4.79 Å². The molecule has 1 heterocycles. The molecule has 1 saturated heterocycles. The Hall–Kier alpha value is -1.91. The maximum Gasteiger partial charge on any atom is 0.237 e. The quantitative estimate of drug-likeness (QED) is 0.834. The van der Waals surface area contributed by atoms with Gasteiger partial charge in [-0.05, 0) is 29.2 Å². The molecule has 0 saturated carbocycles. The number of rotatable bonds is 6. The average Bonchev–Trinajstić information content (AvgIpc) is 3.07. The molecule has 1 atom stereocenters. The van der Waals surface area contributed by atoms with Crippen molar-refractivity contribution in [2.75, 3.05) is 33.4 Å². The number of hydrogen-bond donors (Lipinski definition) is 1. The van der Waals surface area contributed by atoms with E-state index in [0.717, 1.165) is 19.4 Å². The van der Waals surface area contributed by atoms with E-state index in [1.165, 1.54) is 16.3 Å². The highest BCUT2D eigenvalue weighted by Gasteiger charge is 2.30. The molecule has 2 aromatic rings. The number of amides is 1. The summed E-state index contributed by atoms with van der Waals surface area (Å²) in [6.07, 6.45) is 2.11. The first-order valence-corrected chi connectivity index (χ1v) is 8.28. The van der Waals surface area contributed by atoms with Gasteiger partial charge >= 0.3 is 0 Å². The molecular formula is C19H24N2O2. The third-order valence-corrected chi connectivity index (χ3v) is 4.51. The molecule has 23 heavy (non-hydrogen) atoms. The average molecular weight is 312 g/mol. The molecule has 0 spiro atoms. The van der Waals surface area contributed by atoms with E-state index >= 15 is 0 Å². The number of carbonyl (C=O) groups is 1. The van der Waals surface area contributed by atoms with Crippen molar-refractivity contribution in [3.8, 4) is 0 Å². The highest BCUT2D eigenvalue weighted by atomic mass is 16.5. The molecule has 1 N–H and O–H groups in total. The summed E-state index contributed by atoms with van der Waals surface area (Å²) in [4.78, 5) is 14.6.